The summed E-state index contributed by atoms with van der Waals surface area (Å²) in [5.74, 6) is -1.01. The molecule has 0 aromatic carbocycles. The number of ether oxygens (including phenoxy) is 3. The average molecular weight is 735 g/mol. The minimum absolute atomic E-state index is 0.145. The number of allylic oxidation sites excluding steroid dienone is 10. The zero-order chi connectivity index (χ0) is 37.3. The fourth-order valence-corrected chi connectivity index (χ4v) is 5.42. The molecule has 2 N–H and O–H groups in total. The van der Waals surface area contributed by atoms with E-state index in [2.05, 4.69) is 85.2 Å². The van der Waals surface area contributed by atoms with Crippen LogP contribution in [0.3, 0.4) is 0 Å². The molecular weight excluding hydrogens is 667 g/mol. The Balaban J connectivity index is 2.17. The second kappa shape index (κ2) is 32.1. The quantitative estimate of drug-likeness (QED) is 0.0222. The number of hydrogen-bond donors (Lipinski definition) is 2. The van der Waals surface area contributed by atoms with E-state index in [1.807, 2.05) is 6.08 Å². The van der Waals surface area contributed by atoms with E-state index in [4.69, 9.17) is 24.0 Å². The molecule has 1 heterocycles. The number of carbonyl (C=O) groups is 2. The number of esters is 2. The molecule has 2 unspecified atom stereocenters. The van der Waals surface area contributed by atoms with Crippen molar-refractivity contribution >= 4 is 19.8 Å². The zero-order valence-electron chi connectivity index (χ0n) is 31.4. The first-order chi connectivity index (χ1) is 24.7. The number of epoxide rings is 1. The topological polar surface area (TPSA) is 132 Å². The van der Waals surface area contributed by atoms with Gasteiger partial charge in [0.15, 0.2) is 6.10 Å². The first-order valence-electron chi connectivity index (χ1n) is 19.4. The SMILES string of the molecule is CCCCC/C=C\C/C=C\C/C=C\CCCCC(=O)O[C@H](COC(=O)CCC/C=C\C/C=C\CC1OC1C/C=C\CCCCC)COP(=O)(O)O. The lowest BCUT2D eigenvalue weighted by Gasteiger charge is -2.18. The Morgan fingerprint density at radius 1 is 0.608 bits per heavy atom. The van der Waals surface area contributed by atoms with E-state index < -0.39 is 32.5 Å². The van der Waals surface area contributed by atoms with Gasteiger partial charge in [-0.3, -0.25) is 14.1 Å². The van der Waals surface area contributed by atoms with Crippen molar-refractivity contribution in [2.24, 2.45) is 0 Å². The van der Waals surface area contributed by atoms with Crippen LogP contribution in [0.15, 0.2) is 72.9 Å². The van der Waals surface area contributed by atoms with Gasteiger partial charge in [0.05, 0.1) is 18.8 Å². The summed E-state index contributed by atoms with van der Waals surface area (Å²) in [7, 11) is -4.78. The van der Waals surface area contributed by atoms with Gasteiger partial charge >= 0.3 is 19.8 Å². The number of phosphoric acid groups is 1. The molecule has 1 saturated heterocycles. The summed E-state index contributed by atoms with van der Waals surface area (Å²) in [6.45, 7) is 3.52. The lowest BCUT2D eigenvalue weighted by molar-refractivity contribution is -0.161. The third-order valence-electron chi connectivity index (χ3n) is 8.10. The Labute approximate surface area is 308 Å². The summed E-state index contributed by atoms with van der Waals surface area (Å²) in [5.41, 5.74) is 0. The Kier molecular flexibility index (Phi) is 29.3. The van der Waals surface area contributed by atoms with Gasteiger partial charge < -0.3 is 24.0 Å². The van der Waals surface area contributed by atoms with Gasteiger partial charge in [0.25, 0.3) is 0 Å². The molecule has 0 aromatic rings. The van der Waals surface area contributed by atoms with Crippen LogP contribution in [-0.4, -0.2) is 53.3 Å². The smallest absolute Gasteiger partial charge is 0.462 e. The van der Waals surface area contributed by atoms with E-state index in [1.54, 1.807) is 0 Å². The molecule has 1 aliphatic rings. The van der Waals surface area contributed by atoms with Gasteiger partial charge in [-0.15, -0.1) is 0 Å². The highest BCUT2D eigenvalue weighted by atomic mass is 31.2. The average Bonchev–Trinajstić information content (AvgIpc) is 3.85. The molecule has 0 aromatic heterocycles. The molecule has 9 nitrogen and oxygen atoms in total. The van der Waals surface area contributed by atoms with E-state index in [-0.39, 0.29) is 19.4 Å². The highest BCUT2D eigenvalue weighted by Gasteiger charge is 2.36. The van der Waals surface area contributed by atoms with Crippen LogP contribution in [0.5, 0.6) is 0 Å². The van der Waals surface area contributed by atoms with Crippen molar-refractivity contribution in [2.75, 3.05) is 13.2 Å². The van der Waals surface area contributed by atoms with Crippen molar-refractivity contribution < 1.29 is 42.7 Å². The number of phosphoric ester groups is 1. The lowest BCUT2D eigenvalue weighted by Crippen LogP contribution is -2.29. The van der Waals surface area contributed by atoms with Crippen molar-refractivity contribution in [3.63, 3.8) is 0 Å². The summed E-state index contributed by atoms with van der Waals surface area (Å²) in [6, 6.07) is 0. The maximum atomic E-state index is 12.4. The number of rotatable bonds is 33. The van der Waals surface area contributed by atoms with Gasteiger partial charge in [0.1, 0.15) is 6.61 Å². The lowest BCUT2D eigenvalue weighted by atomic mass is 10.1. The predicted octanol–water partition coefficient (Wildman–Crippen LogP) is 10.5. The summed E-state index contributed by atoms with van der Waals surface area (Å²) in [6.07, 6.45) is 43.7. The van der Waals surface area contributed by atoms with Crippen LogP contribution < -0.4 is 0 Å². The van der Waals surface area contributed by atoms with Gasteiger partial charge in [-0.05, 0) is 89.9 Å². The highest BCUT2D eigenvalue weighted by Crippen LogP contribution is 2.36. The van der Waals surface area contributed by atoms with Crippen LogP contribution in [0.25, 0.3) is 0 Å². The Hall–Kier alpha value is -2.55. The maximum absolute atomic E-state index is 12.4. The molecule has 1 aliphatic heterocycles. The first kappa shape index (κ1) is 46.5. The highest BCUT2D eigenvalue weighted by molar-refractivity contribution is 7.46. The molecule has 10 heteroatoms. The molecular formula is C41H67O9P. The first-order valence-corrected chi connectivity index (χ1v) is 20.9. The van der Waals surface area contributed by atoms with Gasteiger partial charge in [-0.25, -0.2) is 4.57 Å². The summed E-state index contributed by atoms with van der Waals surface area (Å²) >= 11 is 0. The van der Waals surface area contributed by atoms with Crippen molar-refractivity contribution in [3.8, 4) is 0 Å². The van der Waals surface area contributed by atoms with Crippen molar-refractivity contribution in [3.05, 3.63) is 72.9 Å². The normalized spacial score (nSPS) is 17.3. The predicted molar refractivity (Wildman–Crippen MR) is 206 cm³/mol. The third-order valence-corrected chi connectivity index (χ3v) is 8.59. The van der Waals surface area contributed by atoms with Crippen LogP contribution in [0.1, 0.15) is 142 Å². The van der Waals surface area contributed by atoms with Gasteiger partial charge in [-0.1, -0.05) is 112 Å². The third kappa shape index (κ3) is 31.9. The minimum atomic E-state index is -4.78. The molecule has 0 radical (unpaired) electrons. The molecule has 1 rings (SSSR count). The van der Waals surface area contributed by atoms with Crippen molar-refractivity contribution in [1.82, 2.24) is 0 Å². The molecule has 0 saturated carbocycles. The monoisotopic (exact) mass is 734 g/mol. The van der Waals surface area contributed by atoms with Gasteiger partial charge in [0.2, 0.25) is 0 Å². The van der Waals surface area contributed by atoms with Gasteiger partial charge in [-0.2, -0.15) is 0 Å². The molecule has 0 aliphatic carbocycles. The Bertz CT molecular complexity index is 1120. The molecule has 0 bridgehead atoms. The van der Waals surface area contributed by atoms with E-state index >= 15 is 0 Å². The maximum Gasteiger partial charge on any atom is 0.469 e. The van der Waals surface area contributed by atoms with E-state index in [0.29, 0.717) is 31.5 Å². The molecule has 290 valence electrons. The van der Waals surface area contributed by atoms with Crippen LogP contribution in [-0.2, 0) is 32.9 Å². The number of hydrogen-bond acceptors (Lipinski definition) is 7. The molecule has 0 spiro atoms. The van der Waals surface area contributed by atoms with Crippen LogP contribution >= 0.6 is 7.82 Å². The second-order valence-corrected chi connectivity index (χ2v) is 14.2. The molecule has 0 amide bonds. The Morgan fingerprint density at radius 3 is 1.61 bits per heavy atom. The molecule has 1 fully saturated rings. The van der Waals surface area contributed by atoms with Crippen LogP contribution in [0, 0.1) is 0 Å². The Morgan fingerprint density at radius 2 is 1.06 bits per heavy atom. The minimum Gasteiger partial charge on any atom is -0.462 e. The largest absolute Gasteiger partial charge is 0.469 e. The fourth-order valence-electron chi connectivity index (χ4n) is 5.06. The van der Waals surface area contributed by atoms with E-state index in [0.717, 1.165) is 57.8 Å². The molecule has 51 heavy (non-hydrogen) atoms. The second-order valence-electron chi connectivity index (χ2n) is 12.9. The molecule has 3 atom stereocenters. The van der Waals surface area contributed by atoms with Crippen LogP contribution in [0.2, 0.25) is 0 Å². The summed E-state index contributed by atoms with van der Waals surface area (Å²) in [5, 5.41) is 0. The van der Waals surface area contributed by atoms with E-state index in [9.17, 15) is 14.2 Å². The standard InChI is InChI=1S/C41H67O9P/c1-3-5-7-9-11-12-13-14-15-16-17-18-21-26-30-34-41(43)49-37(36-48-51(44,45)46)35-47-40(42)33-29-25-22-19-20-24-28-32-39-38(50-39)31-27-23-10-8-6-4-2/h11-12,14-15,17-19,22-24,27-28,37-39H,3-10,13,16,20-21,25-26,29-36H2,1-2H3,(H2,44,45,46)/b12-11-,15-14-,18-17-,22-19-,27-23-,28-24-/t37-,38?,39?/m1/s1. The van der Waals surface area contributed by atoms with Crippen molar-refractivity contribution in [1.29, 1.82) is 0 Å². The number of unbranched alkanes of at least 4 members (excludes halogenated alkanes) is 9. The number of carbonyl (C=O) groups excluding carboxylic acids is 2. The van der Waals surface area contributed by atoms with Crippen LogP contribution in [0.4, 0.5) is 0 Å². The van der Waals surface area contributed by atoms with Gasteiger partial charge in [0, 0.05) is 12.8 Å². The van der Waals surface area contributed by atoms with Crippen molar-refractivity contribution in [2.45, 2.75) is 161 Å². The summed E-state index contributed by atoms with van der Waals surface area (Å²) < 4.78 is 32.0. The van der Waals surface area contributed by atoms with E-state index in [1.165, 1.54) is 38.5 Å². The summed E-state index contributed by atoms with van der Waals surface area (Å²) in [4.78, 5) is 42.7. The zero-order valence-corrected chi connectivity index (χ0v) is 32.3. The fraction of sp³-hybridized carbons (Fsp3) is 0.659.